The number of carbonyl (C=O) groups is 2. The molecule has 6 nitrogen and oxygen atoms in total. The molecule has 1 unspecified atom stereocenters. The molecule has 0 aliphatic carbocycles. The lowest BCUT2D eigenvalue weighted by atomic mass is 9.96. The highest BCUT2D eigenvalue weighted by molar-refractivity contribution is 7.78. The molecule has 0 bridgehead atoms. The van der Waals surface area contributed by atoms with Crippen LogP contribution < -0.4 is 0 Å². The van der Waals surface area contributed by atoms with Crippen LogP contribution in [0.3, 0.4) is 0 Å². The number of ether oxygens (including phenoxy) is 1. The fourth-order valence-corrected chi connectivity index (χ4v) is 3.75. The number of esters is 1. The molecule has 0 spiro atoms. The van der Waals surface area contributed by atoms with Crippen LogP contribution in [0.1, 0.15) is 50.5 Å². The number of rotatable bonds is 3. The first kappa shape index (κ1) is 19.0. The summed E-state index contributed by atoms with van der Waals surface area (Å²) in [6.45, 7) is 9.44. The lowest BCUT2D eigenvalue weighted by molar-refractivity contribution is -0.162. The minimum absolute atomic E-state index is 0.121. The number of halogens is 1. The number of hydrogen-bond donors (Lipinski definition) is 1. The standard InChI is InChI=1S/C18H22ClN3O3S/c1-9(2)14(17(24)25-18(3,4)5)21-7-10-12(19)6-20-15-13(10)11(16(21)23)8-22(15)26/h6,8-9,14,26H,7H2,1-5H3. The second-order valence-electron chi connectivity index (χ2n) is 7.83. The molecule has 3 heterocycles. The van der Waals surface area contributed by atoms with Crippen LogP contribution in [0.15, 0.2) is 12.4 Å². The minimum Gasteiger partial charge on any atom is -0.458 e. The summed E-state index contributed by atoms with van der Waals surface area (Å²) in [5.41, 5.74) is 1.16. The van der Waals surface area contributed by atoms with Gasteiger partial charge < -0.3 is 9.64 Å². The molecule has 1 atom stereocenters. The van der Waals surface area contributed by atoms with Crippen molar-refractivity contribution >= 4 is 47.3 Å². The van der Waals surface area contributed by atoms with E-state index in [1.165, 1.54) is 8.87 Å². The summed E-state index contributed by atoms with van der Waals surface area (Å²) >= 11 is 10.7. The van der Waals surface area contributed by atoms with E-state index in [0.717, 1.165) is 5.56 Å². The summed E-state index contributed by atoms with van der Waals surface area (Å²) in [7, 11) is 0. The van der Waals surface area contributed by atoms with Crippen molar-refractivity contribution in [2.75, 3.05) is 0 Å². The number of carbonyl (C=O) groups excluding carboxylic acids is 2. The molecule has 140 valence electrons. The lowest BCUT2D eigenvalue weighted by Crippen LogP contribution is -2.50. The van der Waals surface area contributed by atoms with Crippen LogP contribution in [0, 0.1) is 5.92 Å². The SMILES string of the molecule is CC(C)C(C(=O)OC(C)(C)C)N1Cc2c(Cl)cnc3c2c(cn3S)C1=O. The van der Waals surface area contributed by atoms with Crippen molar-refractivity contribution in [3.63, 3.8) is 0 Å². The van der Waals surface area contributed by atoms with Crippen LogP contribution in [0.2, 0.25) is 5.02 Å². The van der Waals surface area contributed by atoms with Crippen LogP contribution in [0.5, 0.6) is 0 Å². The molecule has 1 aliphatic rings. The Morgan fingerprint density at radius 1 is 1.38 bits per heavy atom. The number of pyridine rings is 1. The van der Waals surface area contributed by atoms with Gasteiger partial charge in [-0.25, -0.2) is 9.78 Å². The first-order valence-corrected chi connectivity index (χ1v) is 9.20. The third-order valence-electron chi connectivity index (χ3n) is 4.29. The van der Waals surface area contributed by atoms with Gasteiger partial charge in [-0.2, -0.15) is 0 Å². The molecule has 0 saturated heterocycles. The molecule has 0 radical (unpaired) electrons. The van der Waals surface area contributed by atoms with Gasteiger partial charge in [0.2, 0.25) is 0 Å². The average molecular weight is 396 g/mol. The van der Waals surface area contributed by atoms with Crippen LogP contribution in [-0.2, 0) is 16.1 Å². The van der Waals surface area contributed by atoms with E-state index in [1.807, 2.05) is 34.6 Å². The summed E-state index contributed by atoms with van der Waals surface area (Å²) < 4.78 is 7.06. The van der Waals surface area contributed by atoms with Crippen LogP contribution in [0.4, 0.5) is 0 Å². The van der Waals surface area contributed by atoms with Gasteiger partial charge in [-0.1, -0.05) is 38.3 Å². The fraction of sp³-hybridized carbons (Fsp3) is 0.500. The molecule has 26 heavy (non-hydrogen) atoms. The fourth-order valence-electron chi connectivity index (χ4n) is 3.28. The van der Waals surface area contributed by atoms with E-state index < -0.39 is 17.6 Å². The summed E-state index contributed by atoms with van der Waals surface area (Å²) in [6.07, 6.45) is 3.16. The number of nitrogens with zero attached hydrogens (tertiary/aromatic N) is 3. The third kappa shape index (κ3) is 3.18. The lowest BCUT2D eigenvalue weighted by Gasteiger charge is -2.36. The molecule has 2 aromatic rings. The predicted octanol–water partition coefficient (Wildman–Crippen LogP) is 3.70. The monoisotopic (exact) mass is 395 g/mol. The first-order chi connectivity index (χ1) is 12.0. The molecule has 0 N–H and O–H groups in total. The molecule has 2 aromatic heterocycles. The van der Waals surface area contributed by atoms with E-state index in [0.29, 0.717) is 21.6 Å². The highest BCUT2D eigenvalue weighted by Gasteiger charge is 2.40. The van der Waals surface area contributed by atoms with Gasteiger partial charge in [-0.3, -0.25) is 8.77 Å². The Bertz CT molecular complexity index is 901. The maximum Gasteiger partial charge on any atom is 0.329 e. The van der Waals surface area contributed by atoms with Gasteiger partial charge in [-0.05, 0) is 26.7 Å². The number of amides is 1. The van der Waals surface area contributed by atoms with Gasteiger partial charge in [0.25, 0.3) is 5.91 Å². The topological polar surface area (TPSA) is 64.4 Å². The summed E-state index contributed by atoms with van der Waals surface area (Å²) in [4.78, 5) is 31.7. The Hall–Kier alpha value is -1.73. The Kier molecular flexibility index (Phi) is 4.73. The Labute approximate surface area is 163 Å². The molecule has 1 amide bonds. The van der Waals surface area contributed by atoms with Gasteiger partial charge in [0.1, 0.15) is 11.6 Å². The van der Waals surface area contributed by atoms with Gasteiger partial charge in [0.05, 0.1) is 10.6 Å². The first-order valence-electron chi connectivity index (χ1n) is 8.42. The molecule has 0 fully saturated rings. The molecule has 8 heteroatoms. The van der Waals surface area contributed by atoms with Gasteiger partial charge in [0.15, 0.2) is 5.65 Å². The molecule has 3 rings (SSSR count). The van der Waals surface area contributed by atoms with E-state index in [1.54, 1.807) is 12.4 Å². The largest absolute Gasteiger partial charge is 0.458 e. The van der Waals surface area contributed by atoms with Crippen molar-refractivity contribution in [1.29, 1.82) is 0 Å². The highest BCUT2D eigenvalue weighted by atomic mass is 35.5. The second kappa shape index (κ2) is 6.46. The van der Waals surface area contributed by atoms with Crippen molar-refractivity contribution in [3.05, 3.63) is 28.5 Å². The Morgan fingerprint density at radius 3 is 2.62 bits per heavy atom. The highest BCUT2D eigenvalue weighted by Crippen LogP contribution is 2.36. The zero-order valence-corrected chi connectivity index (χ0v) is 17.1. The molecular weight excluding hydrogens is 374 g/mol. The molecule has 0 saturated carbocycles. The summed E-state index contributed by atoms with van der Waals surface area (Å²) in [5, 5.41) is 1.16. The zero-order valence-electron chi connectivity index (χ0n) is 15.4. The summed E-state index contributed by atoms with van der Waals surface area (Å²) in [6, 6.07) is -0.711. The van der Waals surface area contributed by atoms with Crippen LogP contribution in [-0.4, -0.2) is 37.4 Å². The van der Waals surface area contributed by atoms with E-state index in [-0.39, 0.29) is 18.4 Å². The minimum atomic E-state index is -0.711. The van der Waals surface area contributed by atoms with Gasteiger partial charge in [0, 0.05) is 29.9 Å². The number of thiol groups is 1. The van der Waals surface area contributed by atoms with E-state index in [2.05, 4.69) is 17.8 Å². The zero-order chi connectivity index (χ0) is 19.4. The van der Waals surface area contributed by atoms with Crippen LogP contribution >= 0.6 is 24.4 Å². The summed E-state index contributed by atoms with van der Waals surface area (Å²) in [5.74, 6) is -0.788. The van der Waals surface area contributed by atoms with Gasteiger partial charge >= 0.3 is 5.97 Å². The smallest absolute Gasteiger partial charge is 0.329 e. The quantitative estimate of drug-likeness (QED) is 0.635. The van der Waals surface area contributed by atoms with Crippen LogP contribution in [0.25, 0.3) is 11.0 Å². The van der Waals surface area contributed by atoms with Crippen molar-refractivity contribution < 1.29 is 14.3 Å². The van der Waals surface area contributed by atoms with Crippen molar-refractivity contribution in [3.8, 4) is 0 Å². The Morgan fingerprint density at radius 2 is 2.04 bits per heavy atom. The molecule has 0 aromatic carbocycles. The number of aromatic nitrogens is 2. The Balaban J connectivity index is 2.08. The maximum absolute atomic E-state index is 13.1. The predicted molar refractivity (Wildman–Crippen MR) is 103 cm³/mol. The third-order valence-corrected chi connectivity index (χ3v) is 4.92. The van der Waals surface area contributed by atoms with Crippen molar-refractivity contribution in [2.24, 2.45) is 5.92 Å². The second-order valence-corrected chi connectivity index (χ2v) is 8.66. The number of hydrogen-bond acceptors (Lipinski definition) is 5. The van der Waals surface area contributed by atoms with Crippen molar-refractivity contribution in [1.82, 2.24) is 13.9 Å². The maximum atomic E-state index is 13.1. The molecule has 1 aliphatic heterocycles. The van der Waals surface area contributed by atoms with E-state index in [4.69, 9.17) is 16.3 Å². The van der Waals surface area contributed by atoms with E-state index >= 15 is 0 Å². The molecular formula is C18H22ClN3O3S. The normalized spacial score (nSPS) is 15.7. The van der Waals surface area contributed by atoms with E-state index in [9.17, 15) is 9.59 Å². The average Bonchev–Trinajstić information content (AvgIpc) is 2.82. The van der Waals surface area contributed by atoms with Crippen molar-refractivity contribution in [2.45, 2.75) is 52.8 Å². The van der Waals surface area contributed by atoms with Gasteiger partial charge in [-0.15, -0.1) is 0 Å².